The van der Waals surface area contributed by atoms with Crippen LogP contribution in [0, 0.1) is 11.2 Å². The summed E-state index contributed by atoms with van der Waals surface area (Å²) in [5.41, 5.74) is 6.65. The molecular weight excluding hydrogens is 579 g/mol. The second kappa shape index (κ2) is 11.5. The number of halogens is 2. The van der Waals surface area contributed by atoms with E-state index < -0.39 is 21.9 Å². The highest BCUT2D eigenvalue weighted by Gasteiger charge is 2.47. The molecule has 0 aliphatic carbocycles. The summed E-state index contributed by atoms with van der Waals surface area (Å²) < 4.78 is 45.6. The minimum atomic E-state index is -4.20. The van der Waals surface area contributed by atoms with E-state index in [0.29, 0.717) is 16.5 Å². The zero-order valence-electron chi connectivity index (χ0n) is 21.5. The molecular formula is C26H28ClFN6O4S2. The molecule has 5 rings (SSSR count). The molecule has 3 heterocycles. The minimum absolute atomic E-state index is 0.0248. The summed E-state index contributed by atoms with van der Waals surface area (Å²) in [6.07, 6.45) is 5.33. The first kappa shape index (κ1) is 28.6. The fraction of sp³-hybridized carbons (Fsp3) is 0.346. The quantitative estimate of drug-likeness (QED) is 0.375. The van der Waals surface area contributed by atoms with Gasteiger partial charge in [0.2, 0.25) is 0 Å². The lowest BCUT2D eigenvalue weighted by Crippen LogP contribution is -2.50. The SMILES string of the molecule is C[C@@H]1OCC2(CCN(c3cnc(Sc4cccc(NC(=O)NS(=O)(=O)c5ccc(F)cc5)c4Cl)cn3)CC2)[C@@H]1N. The molecule has 0 saturated carbocycles. The maximum absolute atomic E-state index is 13.1. The van der Waals surface area contributed by atoms with E-state index in [1.165, 1.54) is 17.8 Å². The van der Waals surface area contributed by atoms with Gasteiger partial charge < -0.3 is 20.7 Å². The van der Waals surface area contributed by atoms with Crippen LogP contribution in [0.1, 0.15) is 19.8 Å². The second-order valence-electron chi connectivity index (χ2n) is 9.84. The summed E-state index contributed by atoms with van der Waals surface area (Å²) in [6, 6.07) is 8.08. The van der Waals surface area contributed by atoms with Crippen LogP contribution in [0.3, 0.4) is 0 Å². The lowest BCUT2D eigenvalue weighted by molar-refractivity contribution is 0.0974. The average molecular weight is 607 g/mol. The van der Waals surface area contributed by atoms with Crippen LogP contribution < -0.4 is 20.7 Å². The summed E-state index contributed by atoms with van der Waals surface area (Å²) in [5, 5.41) is 3.25. The number of urea groups is 1. The van der Waals surface area contributed by atoms with E-state index in [2.05, 4.69) is 20.2 Å². The highest BCUT2D eigenvalue weighted by molar-refractivity contribution is 7.99. The molecule has 0 unspecified atom stereocenters. The predicted molar refractivity (Wildman–Crippen MR) is 151 cm³/mol. The molecule has 2 fully saturated rings. The van der Waals surface area contributed by atoms with E-state index >= 15 is 0 Å². The number of carbonyl (C=O) groups excluding carboxylic acids is 1. The summed E-state index contributed by atoms with van der Waals surface area (Å²) >= 11 is 7.77. The van der Waals surface area contributed by atoms with Gasteiger partial charge in [0.15, 0.2) is 0 Å². The van der Waals surface area contributed by atoms with Gasteiger partial charge in [0.25, 0.3) is 10.0 Å². The largest absolute Gasteiger partial charge is 0.376 e. The first-order chi connectivity index (χ1) is 19.1. The number of aromatic nitrogens is 2. The van der Waals surface area contributed by atoms with Gasteiger partial charge >= 0.3 is 6.03 Å². The lowest BCUT2D eigenvalue weighted by atomic mass is 9.73. The molecule has 2 atom stereocenters. The van der Waals surface area contributed by atoms with E-state index in [0.717, 1.165) is 56.0 Å². The number of hydrogen-bond acceptors (Lipinski definition) is 9. The zero-order valence-corrected chi connectivity index (χ0v) is 23.9. The molecule has 2 aliphatic rings. The average Bonchev–Trinajstić information content (AvgIpc) is 3.20. The van der Waals surface area contributed by atoms with Crippen LogP contribution in [0.4, 0.5) is 20.7 Å². The molecule has 3 aromatic rings. The number of carbonyl (C=O) groups is 1. The standard InChI is InChI=1S/C26H28ClFN6O4S2/c1-16-24(29)26(15-38-16)9-11-34(12-10-26)21-13-31-22(14-30-21)39-20-4-2-3-19(23(20)27)32-25(35)33-40(36,37)18-7-5-17(28)6-8-18/h2-8,13-14,16,24H,9-12,15,29H2,1H3,(H2,32,33,35)/t16-,24+/m0/s1. The lowest BCUT2D eigenvalue weighted by Gasteiger charge is -2.41. The van der Waals surface area contributed by atoms with Gasteiger partial charge in [0.05, 0.1) is 40.7 Å². The monoisotopic (exact) mass is 606 g/mol. The summed E-state index contributed by atoms with van der Waals surface area (Å²) in [6.45, 7) is 4.37. The second-order valence-corrected chi connectivity index (χ2v) is 13.0. The third-order valence-electron chi connectivity index (χ3n) is 7.32. The smallest absolute Gasteiger partial charge is 0.333 e. The van der Waals surface area contributed by atoms with Crippen molar-refractivity contribution in [3.05, 3.63) is 65.7 Å². The maximum Gasteiger partial charge on any atom is 0.333 e. The normalized spacial score (nSPS) is 20.4. The number of nitrogens with zero attached hydrogens (tertiary/aromatic N) is 3. The number of piperidine rings is 1. The number of anilines is 2. The number of nitrogens with two attached hydrogens (primary N) is 1. The van der Waals surface area contributed by atoms with Gasteiger partial charge in [-0.25, -0.2) is 32.3 Å². The van der Waals surface area contributed by atoms with E-state index in [4.69, 9.17) is 22.1 Å². The summed E-state index contributed by atoms with van der Waals surface area (Å²) in [4.78, 5) is 24.1. The van der Waals surface area contributed by atoms with E-state index in [1.54, 1.807) is 24.5 Å². The van der Waals surface area contributed by atoms with Crippen molar-refractivity contribution < 1.29 is 22.3 Å². The molecule has 0 bridgehead atoms. The zero-order chi connectivity index (χ0) is 28.5. The number of sulfonamides is 1. The van der Waals surface area contributed by atoms with Gasteiger partial charge in [-0.1, -0.05) is 29.4 Å². The molecule has 14 heteroatoms. The highest BCUT2D eigenvalue weighted by Crippen LogP contribution is 2.42. The molecule has 212 valence electrons. The number of hydrogen-bond donors (Lipinski definition) is 3. The molecule has 40 heavy (non-hydrogen) atoms. The Labute approximate surface area is 240 Å². The van der Waals surface area contributed by atoms with Gasteiger partial charge in [-0.05, 0) is 56.2 Å². The van der Waals surface area contributed by atoms with Gasteiger partial charge in [-0.15, -0.1) is 0 Å². The number of nitrogens with one attached hydrogen (secondary N) is 2. The highest BCUT2D eigenvalue weighted by atomic mass is 35.5. The fourth-order valence-corrected chi connectivity index (χ4v) is 6.90. The van der Waals surface area contributed by atoms with Crippen LogP contribution in [0.2, 0.25) is 5.02 Å². The molecule has 2 saturated heterocycles. The molecule has 1 aromatic heterocycles. The predicted octanol–water partition coefficient (Wildman–Crippen LogP) is 4.26. The van der Waals surface area contributed by atoms with Crippen LogP contribution >= 0.6 is 23.4 Å². The number of ether oxygens (including phenoxy) is 1. The molecule has 4 N–H and O–H groups in total. The van der Waals surface area contributed by atoms with Crippen molar-refractivity contribution in [2.45, 2.75) is 46.7 Å². The Bertz CT molecular complexity index is 1490. The Balaban J connectivity index is 1.20. The van der Waals surface area contributed by atoms with Gasteiger partial charge in [-0.3, -0.25) is 0 Å². The van der Waals surface area contributed by atoms with Crippen LogP contribution in [0.25, 0.3) is 0 Å². The number of amides is 2. The third kappa shape index (κ3) is 6.03. The van der Waals surface area contributed by atoms with Gasteiger partial charge in [0, 0.05) is 29.4 Å². The Hall–Kier alpha value is -2.97. The van der Waals surface area contributed by atoms with Crippen molar-refractivity contribution >= 4 is 50.9 Å². The minimum Gasteiger partial charge on any atom is -0.376 e. The molecule has 1 spiro atoms. The van der Waals surface area contributed by atoms with Crippen LogP contribution in [0.5, 0.6) is 0 Å². The Morgan fingerprint density at radius 1 is 1.18 bits per heavy atom. The van der Waals surface area contributed by atoms with E-state index in [9.17, 15) is 17.6 Å². The van der Waals surface area contributed by atoms with Crippen molar-refractivity contribution in [3.63, 3.8) is 0 Å². The van der Waals surface area contributed by atoms with E-state index in [1.807, 2.05) is 11.6 Å². The first-order valence-corrected chi connectivity index (χ1v) is 15.2. The van der Waals surface area contributed by atoms with Crippen molar-refractivity contribution in [3.8, 4) is 0 Å². The Morgan fingerprint density at radius 3 is 2.52 bits per heavy atom. The van der Waals surface area contributed by atoms with Gasteiger partial charge in [-0.2, -0.15) is 0 Å². The molecule has 2 aromatic carbocycles. The molecule has 10 nitrogen and oxygen atoms in total. The van der Waals surface area contributed by atoms with Gasteiger partial charge in [0.1, 0.15) is 16.7 Å². The molecule has 0 radical (unpaired) electrons. The Morgan fingerprint density at radius 2 is 1.90 bits per heavy atom. The number of rotatable bonds is 6. The van der Waals surface area contributed by atoms with Crippen LogP contribution in [-0.4, -0.2) is 56.3 Å². The Kier molecular flexibility index (Phi) is 8.20. The number of benzene rings is 2. The topological polar surface area (TPSA) is 140 Å². The van der Waals surface area contributed by atoms with Crippen molar-refractivity contribution in [1.29, 1.82) is 0 Å². The summed E-state index contributed by atoms with van der Waals surface area (Å²) in [5.74, 6) is 0.184. The molecule has 2 amide bonds. The summed E-state index contributed by atoms with van der Waals surface area (Å²) in [7, 11) is -4.20. The maximum atomic E-state index is 13.1. The van der Waals surface area contributed by atoms with Crippen molar-refractivity contribution in [2.24, 2.45) is 11.1 Å². The first-order valence-electron chi connectivity index (χ1n) is 12.6. The van der Waals surface area contributed by atoms with Crippen molar-refractivity contribution in [2.75, 3.05) is 29.9 Å². The molecule has 2 aliphatic heterocycles. The van der Waals surface area contributed by atoms with E-state index in [-0.39, 0.29) is 33.2 Å². The third-order valence-corrected chi connectivity index (χ3v) is 10.2. The van der Waals surface area contributed by atoms with Crippen molar-refractivity contribution in [1.82, 2.24) is 14.7 Å². The van der Waals surface area contributed by atoms with Crippen LogP contribution in [0.15, 0.2) is 69.7 Å². The fourth-order valence-electron chi connectivity index (χ4n) is 4.92. The van der Waals surface area contributed by atoms with Crippen LogP contribution in [-0.2, 0) is 14.8 Å².